The number of hydrogen-bond donors (Lipinski definition) is 2. The van der Waals surface area contributed by atoms with E-state index in [0.717, 1.165) is 25.7 Å². The fourth-order valence-electron chi connectivity index (χ4n) is 1.36. The topological polar surface area (TPSA) is 40.5 Å². The van der Waals surface area contributed by atoms with Gasteiger partial charge in [-0.15, -0.1) is 0 Å². The third-order valence-electron chi connectivity index (χ3n) is 2.24. The molecule has 0 spiro atoms. The molecule has 2 heteroatoms. The van der Waals surface area contributed by atoms with E-state index in [2.05, 4.69) is 6.92 Å². The molecule has 0 aromatic heterocycles. The van der Waals surface area contributed by atoms with Gasteiger partial charge in [0.15, 0.2) is 0 Å². The van der Waals surface area contributed by atoms with Crippen molar-refractivity contribution in [3.8, 4) is 0 Å². The van der Waals surface area contributed by atoms with Crippen LogP contribution in [0.1, 0.15) is 45.4 Å². The van der Waals surface area contributed by atoms with Crippen molar-refractivity contribution in [1.82, 2.24) is 0 Å². The molecule has 74 valence electrons. The molecular weight excluding hydrogens is 152 g/mol. The van der Waals surface area contributed by atoms with Crippen LogP contribution in [0.2, 0.25) is 0 Å². The van der Waals surface area contributed by atoms with Gasteiger partial charge in [0.1, 0.15) is 0 Å². The van der Waals surface area contributed by atoms with Gasteiger partial charge in [0.05, 0.1) is 0 Å². The summed E-state index contributed by atoms with van der Waals surface area (Å²) in [5.74, 6) is 0.469. The Labute approximate surface area is 75.6 Å². The van der Waals surface area contributed by atoms with E-state index in [0.29, 0.717) is 12.5 Å². The van der Waals surface area contributed by atoms with Crippen molar-refractivity contribution in [2.75, 3.05) is 13.2 Å². The fourth-order valence-corrected chi connectivity index (χ4v) is 1.36. The van der Waals surface area contributed by atoms with Crippen molar-refractivity contribution >= 4 is 0 Å². The van der Waals surface area contributed by atoms with E-state index in [1.54, 1.807) is 0 Å². The largest absolute Gasteiger partial charge is 0.396 e. The Morgan fingerprint density at radius 1 is 1.00 bits per heavy atom. The maximum atomic E-state index is 8.99. The molecular formula is C10H22O2. The normalized spacial score (nSPS) is 13.2. The van der Waals surface area contributed by atoms with E-state index in [-0.39, 0.29) is 6.61 Å². The summed E-state index contributed by atoms with van der Waals surface area (Å²) in [5, 5.41) is 17.6. The van der Waals surface area contributed by atoms with Crippen LogP contribution in [0.5, 0.6) is 0 Å². The van der Waals surface area contributed by atoms with Gasteiger partial charge in [-0.25, -0.2) is 0 Å². The highest BCUT2D eigenvalue weighted by Gasteiger charge is 2.05. The first-order chi connectivity index (χ1) is 5.85. The lowest BCUT2D eigenvalue weighted by Gasteiger charge is -2.12. The van der Waals surface area contributed by atoms with E-state index in [4.69, 9.17) is 10.2 Å². The molecule has 0 heterocycles. The van der Waals surface area contributed by atoms with Crippen LogP contribution in [0.25, 0.3) is 0 Å². The summed E-state index contributed by atoms with van der Waals surface area (Å²) < 4.78 is 0. The van der Waals surface area contributed by atoms with E-state index in [1.807, 2.05) is 0 Å². The van der Waals surface area contributed by atoms with E-state index in [1.165, 1.54) is 12.8 Å². The molecule has 0 unspecified atom stereocenters. The highest BCUT2D eigenvalue weighted by Crippen LogP contribution is 2.14. The maximum Gasteiger partial charge on any atom is 0.0459 e. The van der Waals surface area contributed by atoms with Gasteiger partial charge in [0, 0.05) is 13.2 Å². The standard InChI is InChI=1S/C10H22O2/c1-2-3-6-10(9-12)7-4-5-8-11/h10-12H,2-9H2,1H3/t10-/m1/s1. The molecule has 0 aliphatic carbocycles. The second kappa shape index (κ2) is 9.01. The molecule has 0 aliphatic heterocycles. The summed E-state index contributed by atoms with van der Waals surface area (Å²) in [6, 6.07) is 0. The van der Waals surface area contributed by atoms with Crippen LogP contribution in [-0.4, -0.2) is 23.4 Å². The molecule has 12 heavy (non-hydrogen) atoms. The maximum absolute atomic E-state index is 8.99. The average molecular weight is 174 g/mol. The highest BCUT2D eigenvalue weighted by atomic mass is 16.3. The lowest BCUT2D eigenvalue weighted by molar-refractivity contribution is 0.200. The number of unbranched alkanes of at least 4 members (excludes halogenated alkanes) is 2. The Bertz CT molecular complexity index is 83.9. The molecule has 0 aromatic carbocycles. The van der Waals surface area contributed by atoms with Crippen molar-refractivity contribution in [2.45, 2.75) is 45.4 Å². The first-order valence-corrected chi connectivity index (χ1v) is 5.06. The molecule has 0 rings (SSSR count). The molecule has 0 amide bonds. The van der Waals surface area contributed by atoms with Gasteiger partial charge < -0.3 is 10.2 Å². The fraction of sp³-hybridized carbons (Fsp3) is 1.00. The Kier molecular flexibility index (Phi) is 8.95. The van der Waals surface area contributed by atoms with Crippen LogP contribution >= 0.6 is 0 Å². The van der Waals surface area contributed by atoms with Gasteiger partial charge in [-0.05, 0) is 25.2 Å². The predicted molar refractivity (Wildman–Crippen MR) is 51.0 cm³/mol. The summed E-state index contributed by atoms with van der Waals surface area (Å²) in [6.07, 6.45) is 6.55. The van der Waals surface area contributed by atoms with Crippen molar-refractivity contribution in [3.05, 3.63) is 0 Å². The Morgan fingerprint density at radius 3 is 2.17 bits per heavy atom. The molecule has 2 N–H and O–H groups in total. The summed E-state index contributed by atoms with van der Waals surface area (Å²) in [4.78, 5) is 0. The Balaban J connectivity index is 3.26. The zero-order valence-electron chi connectivity index (χ0n) is 8.13. The molecule has 0 aliphatic rings. The van der Waals surface area contributed by atoms with Crippen LogP contribution in [0.15, 0.2) is 0 Å². The highest BCUT2D eigenvalue weighted by molar-refractivity contribution is 4.57. The zero-order chi connectivity index (χ0) is 9.23. The lowest BCUT2D eigenvalue weighted by atomic mass is 9.97. The Hall–Kier alpha value is -0.0800. The minimum atomic E-state index is 0.284. The van der Waals surface area contributed by atoms with Crippen LogP contribution in [0.3, 0.4) is 0 Å². The van der Waals surface area contributed by atoms with E-state index in [9.17, 15) is 0 Å². The van der Waals surface area contributed by atoms with E-state index < -0.39 is 0 Å². The number of aliphatic hydroxyl groups is 2. The molecule has 0 fully saturated rings. The second-order valence-corrected chi connectivity index (χ2v) is 3.41. The van der Waals surface area contributed by atoms with E-state index >= 15 is 0 Å². The summed E-state index contributed by atoms with van der Waals surface area (Å²) >= 11 is 0. The zero-order valence-corrected chi connectivity index (χ0v) is 8.13. The lowest BCUT2D eigenvalue weighted by Crippen LogP contribution is -2.06. The van der Waals surface area contributed by atoms with Crippen LogP contribution < -0.4 is 0 Å². The molecule has 0 aromatic rings. The first kappa shape index (κ1) is 11.9. The molecule has 0 saturated carbocycles. The SMILES string of the molecule is CCCC[C@@H](CO)CCCCO. The van der Waals surface area contributed by atoms with Crippen molar-refractivity contribution in [2.24, 2.45) is 5.92 Å². The summed E-state index contributed by atoms with van der Waals surface area (Å²) in [5.41, 5.74) is 0. The smallest absolute Gasteiger partial charge is 0.0459 e. The van der Waals surface area contributed by atoms with Crippen molar-refractivity contribution in [3.63, 3.8) is 0 Å². The molecule has 0 radical (unpaired) electrons. The summed E-state index contributed by atoms with van der Waals surface area (Å²) in [7, 11) is 0. The van der Waals surface area contributed by atoms with Crippen LogP contribution in [0.4, 0.5) is 0 Å². The van der Waals surface area contributed by atoms with Gasteiger partial charge >= 0.3 is 0 Å². The van der Waals surface area contributed by atoms with Crippen molar-refractivity contribution < 1.29 is 10.2 Å². The van der Waals surface area contributed by atoms with Crippen molar-refractivity contribution in [1.29, 1.82) is 0 Å². The monoisotopic (exact) mass is 174 g/mol. The Morgan fingerprint density at radius 2 is 1.67 bits per heavy atom. The van der Waals surface area contributed by atoms with Gasteiger partial charge in [-0.1, -0.05) is 26.2 Å². The number of hydrogen-bond acceptors (Lipinski definition) is 2. The average Bonchev–Trinajstić information content (AvgIpc) is 2.11. The predicted octanol–water partition coefficient (Wildman–Crippen LogP) is 1.95. The molecule has 0 bridgehead atoms. The quantitative estimate of drug-likeness (QED) is 0.552. The molecule has 0 saturated heterocycles. The molecule has 2 nitrogen and oxygen atoms in total. The first-order valence-electron chi connectivity index (χ1n) is 5.06. The van der Waals surface area contributed by atoms with Gasteiger partial charge in [-0.2, -0.15) is 0 Å². The molecule has 1 atom stereocenters. The van der Waals surface area contributed by atoms with Crippen LogP contribution in [-0.2, 0) is 0 Å². The van der Waals surface area contributed by atoms with Gasteiger partial charge in [0.2, 0.25) is 0 Å². The minimum Gasteiger partial charge on any atom is -0.396 e. The minimum absolute atomic E-state index is 0.284. The van der Waals surface area contributed by atoms with Gasteiger partial charge in [0.25, 0.3) is 0 Å². The number of aliphatic hydroxyl groups excluding tert-OH is 2. The summed E-state index contributed by atoms with van der Waals surface area (Å²) in [6.45, 7) is 2.76. The third kappa shape index (κ3) is 6.62. The van der Waals surface area contributed by atoms with Gasteiger partial charge in [-0.3, -0.25) is 0 Å². The van der Waals surface area contributed by atoms with Crippen LogP contribution in [0, 0.1) is 5.92 Å². The second-order valence-electron chi connectivity index (χ2n) is 3.41. The third-order valence-corrected chi connectivity index (χ3v) is 2.24. The number of rotatable bonds is 8.